The van der Waals surface area contributed by atoms with E-state index in [1.165, 1.54) is 6.08 Å². The highest BCUT2D eigenvalue weighted by Gasteiger charge is 2.09. The van der Waals surface area contributed by atoms with Gasteiger partial charge in [-0.1, -0.05) is 24.3 Å². The standard InChI is InChI=1S/C28H30N6O2/c1-18-7-5-6-8-21(18)9-12-26(35)33-27(34-28-31-19(2)15-20(3)32-28)29-14-13-22-17-30-25-11-10-23(36-4)16-24(22)25/h5-12,15-17,30H,13-14H2,1-4H3,(H2,29,31,32,33,34,35). The number of benzene rings is 2. The minimum absolute atomic E-state index is 0.289. The average molecular weight is 483 g/mol. The highest BCUT2D eigenvalue weighted by Crippen LogP contribution is 2.24. The number of aromatic nitrogens is 3. The number of aryl methyl sites for hydroxylation is 3. The fourth-order valence-electron chi connectivity index (χ4n) is 3.88. The van der Waals surface area contributed by atoms with E-state index in [1.54, 1.807) is 13.2 Å². The van der Waals surface area contributed by atoms with Crippen molar-refractivity contribution in [3.8, 4) is 5.75 Å². The number of hydrogen-bond acceptors (Lipinski definition) is 5. The minimum Gasteiger partial charge on any atom is -0.497 e. The molecule has 0 saturated heterocycles. The molecule has 184 valence electrons. The summed E-state index contributed by atoms with van der Waals surface area (Å²) in [6.45, 7) is 6.24. The summed E-state index contributed by atoms with van der Waals surface area (Å²) in [5, 5.41) is 6.99. The third-order valence-corrected chi connectivity index (χ3v) is 5.68. The summed E-state index contributed by atoms with van der Waals surface area (Å²) in [4.78, 5) is 29.5. The molecule has 8 heteroatoms. The summed E-state index contributed by atoms with van der Waals surface area (Å²) in [6, 6.07) is 15.7. The van der Waals surface area contributed by atoms with E-state index in [0.717, 1.165) is 44.7 Å². The van der Waals surface area contributed by atoms with Crippen LogP contribution in [0.25, 0.3) is 17.0 Å². The molecule has 0 bridgehead atoms. The molecule has 0 unspecified atom stereocenters. The van der Waals surface area contributed by atoms with Crippen LogP contribution in [0.4, 0.5) is 5.95 Å². The Morgan fingerprint density at radius 3 is 2.61 bits per heavy atom. The number of carbonyl (C=O) groups excluding carboxylic acids is 1. The Morgan fingerprint density at radius 1 is 1.08 bits per heavy atom. The largest absolute Gasteiger partial charge is 0.497 e. The number of aromatic amines is 1. The maximum absolute atomic E-state index is 12.7. The molecule has 0 aliphatic rings. The molecule has 0 atom stereocenters. The minimum atomic E-state index is -0.300. The lowest BCUT2D eigenvalue weighted by Crippen LogP contribution is -2.35. The number of amides is 1. The molecule has 4 aromatic rings. The third kappa shape index (κ3) is 6.35. The van der Waals surface area contributed by atoms with Crippen molar-refractivity contribution in [3.63, 3.8) is 0 Å². The van der Waals surface area contributed by atoms with Crippen molar-refractivity contribution in [2.24, 2.45) is 4.99 Å². The van der Waals surface area contributed by atoms with Gasteiger partial charge in [-0.05, 0) is 74.2 Å². The Kier molecular flexibility index (Phi) is 7.75. The Hall–Kier alpha value is -4.46. The zero-order chi connectivity index (χ0) is 25.5. The van der Waals surface area contributed by atoms with Gasteiger partial charge in [0.25, 0.3) is 5.91 Å². The van der Waals surface area contributed by atoms with Crippen LogP contribution < -0.4 is 15.4 Å². The van der Waals surface area contributed by atoms with E-state index in [0.29, 0.717) is 18.9 Å². The quantitative estimate of drug-likeness (QED) is 0.201. The molecule has 2 heterocycles. The van der Waals surface area contributed by atoms with Crippen molar-refractivity contribution in [2.45, 2.75) is 27.2 Å². The predicted octanol–water partition coefficient (Wildman–Crippen LogP) is 4.73. The van der Waals surface area contributed by atoms with Crippen LogP contribution in [0.2, 0.25) is 0 Å². The summed E-state index contributed by atoms with van der Waals surface area (Å²) in [7, 11) is 1.65. The van der Waals surface area contributed by atoms with Gasteiger partial charge in [-0.15, -0.1) is 0 Å². The number of methoxy groups -OCH3 is 1. The van der Waals surface area contributed by atoms with Gasteiger partial charge < -0.3 is 9.72 Å². The van der Waals surface area contributed by atoms with Gasteiger partial charge in [0.1, 0.15) is 5.75 Å². The molecule has 0 spiro atoms. The van der Waals surface area contributed by atoms with Gasteiger partial charge >= 0.3 is 0 Å². The molecule has 1 amide bonds. The zero-order valence-electron chi connectivity index (χ0n) is 20.9. The van der Waals surface area contributed by atoms with E-state index in [9.17, 15) is 4.79 Å². The number of ether oxygens (including phenoxy) is 1. The first kappa shape index (κ1) is 24.7. The summed E-state index contributed by atoms with van der Waals surface area (Å²) < 4.78 is 5.36. The van der Waals surface area contributed by atoms with Gasteiger partial charge in [0.2, 0.25) is 11.9 Å². The maximum Gasteiger partial charge on any atom is 0.250 e. The van der Waals surface area contributed by atoms with Crippen LogP contribution >= 0.6 is 0 Å². The molecular weight excluding hydrogens is 452 g/mol. The van der Waals surface area contributed by atoms with Gasteiger partial charge in [0, 0.05) is 41.1 Å². The lowest BCUT2D eigenvalue weighted by molar-refractivity contribution is -0.115. The van der Waals surface area contributed by atoms with Crippen molar-refractivity contribution in [2.75, 3.05) is 19.0 Å². The van der Waals surface area contributed by atoms with Crippen LogP contribution in [-0.2, 0) is 11.2 Å². The molecular formula is C28H30N6O2. The van der Waals surface area contributed by atoms with E-state index in [4.69, 9.17) is 4.74 Å². The SMILES string of the molecule is COc1ccc2[nH]cc(CCN=C(NC(=O)C=Cc3ccccc3C)Nc3nc(C)cc(C)n3)c2c1. The van der Waals surface area contributed by atoms with Gasteiger partial charge in [-0.3, -0.25) is 20.4 Å². The van der Waals surface area contributed by atoms with Crippen molar-refractivity contribution >= 4 is 34.8 Å². The molecule has 36 heavy (non-hydrogen) atoms. The molecule has 2 aromatic heterocycles. The number of anilines is 1. The molecule has 8 nitrogen and oxygen atoms in total. The lowest BCUT2D eigenvalue weighted by atomic mass is 10.1. The van der Waals surface area contributed by atoms with E-state index in [-0.39, 0.29) is 11.9 Å². The molecule has 0 aliphatic carbocycles. The second-order valence-electron chi connectivity index (χ2n) is 8.48. The van der Waals surface area contributed by atoms with Crippen LogP contribution in [0.5, 0.6) is 5.75 Å². The smallest absolute Gasteiger partial charge is 0.250 e. The van der Waals surface area contributed by atoms with Crippen LogP contribution in [0.15, 0.2) is 65.8 Å². The number of guanidine groups is 1. The first-order chi connectivity index (χ1) is 17.4. The maximum atomic E-state index is 12.7. The molecule has 0 radical (unpaired) electrons. The van der Waals surface area contributed by atoms with Gasteiger partial charge in [0.05, 0.1) is 7.11 Å². The fraction of sp³-hybridized carbons (Fsp3) is 0.214. The van der Waals surface area contributed by atoms with Crippen LogP contribution in [0.1, 0.15) is 28.1 Å². The van der Waals surface area contributed by atoms with E-state index < -0.39 is 0 Å². The molecule has 0 fully saturated rings. The molecule has 0 aliphatic heterocycles. The number of rotatable bonds is 7. The first-order valence-corrected chi connectivity index (χ1v) is 11.7. The van der Waals surface area contributed by atoms with Crippen molar-refractivity contribution < 1.29 is 9.53 Å². The Bertz CT molecular complexity index is 1420. The van der Waals surface area contributed by atoms with Gasteiger partial charge in [-0.25, -0.2) is 9.97 Å². The number of fused-ring (bicyclic) bond motifs is 1. The average Bonchev–Trinajstić information content (AvgIpc) is 3.25. The molecule has 3 N–H and O–H groups in total. The Balaban J connectivity index is 1.52. The zero-order valence-corrected chi connectivity index (χ0v) is 20.9. The van der Waals surface area contributed by atoms with Crippen LogP contribution in [0, 0.1) is 20.8 Å². The number of carbonyl (C=O) groups is 1. The van der Waals surface area contributed by atoms with E-state index >= 15 is 0 Å². The molecule has 4 rings (SSSR count). The van der Waals surface area contributed by atoms with Gasteiger partial charge in [0.15, 0.2) is 0 Å². The number of nitrogens with zero attached hydrogens (tertiary/aromatic N) is 3. The lowest BCUT2D eigenvalue weighted by Gasteiger charge is -2.10. The second-order valence-corrected chi connectivity index (χ2v) is 8.48. The Labute approximate surface area is 210 Å². The third-order valence-electron chi connectivity index (χ3n) is 5.68. The summed E-state index contributed by atoms with van der Waals surface area (Å²) >= 11 is 0. The fourth-order valence-corrected chi connectivity index (χ4v) is 3.88. The van der Waals surface area contributed by atoms with Crippen LogP contribution in [-0.4, -0.2) is 40.5 Å². The first-order valence-electron chi connectivity index (χ1n) is 11.7. The molecule has 0 saturated carbocycles. The number of aliphatic imine (C=N–C) groups is 1. The van der Waals surface area contributed by atoms with E-state index in [2.05, 4.69) is 30.6 Å². The van der Waals surface area contributed by atoms with Crippen molar-refractivity contribution in [1.29, 1.82) is 0 Å². The second kappa shape index (κ2) is 11.3. The number of nitrogens with one attached hydrogen (secondary N) is 3. The highest BCUT2D eigenvalue weighted by atomic mass is 16.5. The monoisotopic (exact) mass is 482 g/mol. The Morgan fingerprint density at radius 2 is 1.86 bits per heavy atom. The number of hydrogen-bond donors (Lipinski definition) is 3. The van der Waals surface area contributed by atoms with Crippen molar-refractivity contribution in [3.05, 3.63) is 88.9 Å². The number of H-pyrrole nitrogens is 1. The van der Waals surface area contributed by atoms with Gasteiger partial charge in [-0.2, -0.15) is 0 Å². The van der Waals surface area contributed by atoms with E-state index in [1.807, 2.05) is 75.5 Å². The summed E-state index contributed by atoms with van der Waals surface area (Å²) in [5.41, 5.74) is 5.86. The predicted molar refractivity (Wildman–Crippen MR) is 144 cm³/mol. The van der Waals surface area contributed by atoms with Crippen molar-refractivity contribution in [1.82, 2.24) is 20.3 Å². The highest BCUT2D eigenvalue weighted by molar-refractivity contribution is 6.08. The summed E-state index contributed by atoms with van der Waals surface area (Å²) in [6.07, 6.45) is 5.92. The molecule has 2 aromatic carbocycles. The normalized spacial score (nSPS) is 11.7. The summed E-state index contributed by atoms with van der Waals surface area (Å²) in [5.74, 6) is 1.17. The topological polar surface area (TPSA) is 104 Å². The van der Waals surface area contributed by atoms with Crippen LogP contribution in [0.3, 0.4) is 0 Å².